The fourth-order valence-electron chi connectivity index (χ4n) is 3.69. The van der Waals surface area contributed by atoms with Gasteiger partial charge in [0.1, 0.15) is 0 Å². The Morgan fingerprint density at radius 2 is 1.80 bits per heavy atom. The Kier molecular flexibility index (Phi) is 6.37. The number of rotatable bonds is 7. The molecule has 7 nitrogen and oxygen atoms in total. The predicted octanol–water partition coefficient (Wildman–Crippen LogP) is 4.32. The fourth-order valence-corrected chi connectivity index (χ4v) is 4.51. The van der Waals surface area contributed by atoms with Gasteiger partial charge in [0, 0.05) is 17.3 Å². The van der Waals surface area contributed by atoms with Crippen molar-refractivity contribution in [1.29, 1.82) is 0 Å². The highest BCUT2D eigenvalue weighted by atomic mass is 32.2. The van der Waals surface area contributed by atoms with Gasteiger partial charge in [-0.3, -0.25) is 19.0 Å². The van der Waals surface area contributed by atoms with Crippen LogP contribution in [-0.4, -0.2) is 33.2 Å². The second-order valence-electron chi connectivity index (χ2n) is 8.55. The molecule has 0 unspecified atom stereocenters. The molecule has 1 aliphatic rings. The minimum Gasteiger partial charge on any atom is -0.349 e. The van der Waals surface area contributed by atoms with Crippen molar-refractivity contribution >= 4 is 40.2 Å². The standard InChI is InChI=1S/C27H24N4O3S/c1-17-9-13-21(14-10-17)31-26(34)22-7-2-3-8-23(22)30-27(31)35-16-24(32)28-20-6-4-5-18(15-20)25(33)29-19-11-12-19/h2-10,13-15,19H,11-12,16H2,1H3,(H,28,32)(H,29,33). The van der Waals surface area contributed by atoms with Crippen molar-refractivity contribution < 1.29 is 9.59 Å². The molecule has 1 fully saturated rings. The number of hydrogen-bond donors (Lipinski definition) is 2. The van der Waals surface area contributed by atoms with Gasteiger partial charge in [0.15, 0.2) is 5.16 Å². The summed E-state index contributed by atoms with van der Waals surface area (Å²) in [7, 11) is 0. The Labute approximate surface area is 206 Å². The van der Waals surface area contributed by atoms with Crippen LogP contribution < -0.4 is 16.2 Å². The highest BCUT2D eigenvalue weighted by Gasteiger charge is 2.24. The molecule has 0 saturated heterocycles. The quantitative estimate of drug-likeness (QED) is 0.301. The SMILES string of the molecule is Cc1ccc(-n2c(SCC(=O)Nc3cccc(C(=O)NC4CC4)c3)nc3ccccc3c2=O)cc1. The maximum Gasteiger partial charge on any atom is 0.266 e. The van der Waals surface area contributed by atoms with Crippen LogP contribution in [0.1, 0.15) is 28.8 Å². The number of nitrogens with one attached hydrogen (secondary N) is 2. The third-order valence-corrected chi connectivity index (χ3v) is 6.63. The van der Waals surface area contributed by atoms with Gasteiger partial charge in [-0.15, -0.1) is 0 Å². The molecule has 3 aromatic carbocycles. The Hall–Kier alpha value is -3.91. The second-order valence-corrected chi connectivity index (χ2v) is 9.50. The molecule has 1 saturated carbocycles. The number of para-hydroxylation sites is 1. The third kappa shape index (κ3) is 5.27. The van der Waals surface area contributed by atoms with Gasteiger partial charge in [0.25, 0.3) is 11.5 Å². The van der Waals surface area contributed by atoms with Gasteiger partial charge in [-0.2, -0.15) is 0 Å². The van der Waals surface area contributed by atoms with Crippen molar-refractivity contribution in [3.63, 3.8) is 0 Å². The summed E-state index contributed by atoms with van der Waals surface area (Å²) in [6.45, 7) is 1.98. The smallest absolute Gasteiger partial charge is 0.266 e. The number of anilines is 1. The number of aryl methyl sites for hydroxylation is 1. The zero-order valence-corrected chi connectivity index (χ0v) is 20.0. The number of benzene rings is 3. The van der Waals surface area contributed by atoms with Crippen molar-refractivity contribution in [1.82, 2.24) is 14.9 Å². The lowest BCUT2D eigenvalue weighted by Crippen LogP contribution is -2.25. The summed E-state index contributed by atoms with van der Waals surface area (Å²) in [4.78, 5) is 43.1. The maximum atomic E-state index is 13.3. The third-order valence-electron chi connectivity index (χ3n) is 5.69. The van der Waals surface area contributed by atoms with Gasteiger partial charge in [-0.25, -0.2) is 4.98 Å². The highest BCUT2D eigenvalue weighted by molar-refractivity contribution is 7.99. The molecule has 5 rings (SSSR count). The van der Waals surface area contributed by atoms with Crippen molar-refractivity contribution in [3.8, 4) is 5.69 Å². The monoisotopic (exact) mass is 484 g/mol. The molecule has 35 heavy (non-hydrogen) atoms. The minimum atomic E-state index is -0.257. The number of aromatic nitrogens is 2. The van der Waals surface area contributed by atoms with Crippen molar-refractivity contribution in [3.05, 3.63) is 94.3 Å². The van der Waals surface area contributed by atoms with Crippen LogP contribution in [0.25, 0.3) is 16.6 Å². The molecule has 176 valence electrons. The fraction of sp³-hybridized carbons (Fsp3) is 0.185. The molecule has 1 heterocycles. The number of nitrogens with zero attached hydrogens (tertiary/aromatic N) is 2. The Morgan fingerprint density at radius 3 is 2.57 bits per heavy atom. The summed E-state index contributed by atoms with van der Waals surface area (Å²) in [5.74, 6) is -0.345. The van der Waals surface area contributed by atoms with E-state index >= 15 is 0 Å². The first-order valence-electron chi connectivity index (χ1n) is 11.4. The van der Waals surface area contributed by atoms with Crippen LogP contribution in [-0.2, 0) is 4.79 Å². The van der Waals surface area contributed by atoms with E-state index in [0.717, 1.165) is 18.4 Å². The van der Waals surface area contributed by atoms with Crippen molar-refractivity contribution in [2.45, 2.75) is 31.0 Å². The summed E-state index contributed by atoms with van der Waals surface area (Å²) in [6.07, 6.45) is 2.02. The molecule has 0 atom stereocenters. The van der Waals surface area contributed by atoms with Crippen LogP contribution in [0.3, 0.4) is 0 Å². The highest BCUT2D eigenvalue weighted by Crippen LogP contribution is 2.23. The summed E-state index contributed by atoms with van der Waals surface area (Å²) in [5, 5.41) is 6.74. The molecule has 8 heteroatoms. The van der Waals surface area contributed by atoms with E-state index in [1.807, 2.05) is 43.3 Å². The Balaban J connectivity index is 1.36. The topological polar surface area (TPSA) is 93.1 Å². The number of amides is 2. The molecular weight excluding hydrogens is 460 g/mol. The molecule has 2 N–H and O–H groups in total. The van der Waals surface area contributed by atoms with Crippen molar-refractivity contribution in [2.24, 2.45) is 0 Å². The maximum absolute atomic E-state index is 13.3. The number of hydrogen-bond acceptors (Lipinski definition) is 5. The normalized spacial score (nSPS) is 12.9. The predicted molar refractivity (Wildman–Crippen MR) is 138 cm³/mol. The summed E-state index contributed by atoms with van der Waals surface area (Å²) in [6, 6.07) is 21.9. The Bertz CT molecular complexity index is 1480. The average Bonchev–Trinajstić information content (AvgIpc) is 3.68. The summed E-state index contributed by atoms with van der Waals surface area (Å²) < 4.78 is 1.54. The molecule has 1 aromatic heterocycles. The molecule has 0 spiro atoms. The van der Waals surface area contributed by atoms with Crippen LogP contribution in [0.15, 0.2) is 82.7 Å². The van der Waals surface area contributed by atoms with E-state index in [0.29, 0.717) is 33.0 Å². The minimum absolute atomic E-state index is 0.0507. The van der Waals surface area contributed by atoms with E-state index in [2.05, 4.69) is 15.6 Å². The lowest BCUT2D eigenvalue weighted by atomic mass is 10.2. The first-order chi connectivity index (χ1) is 17.0. The van der Waals surface area contributed by atoms with Gasteiger partial charge >= 0.3 is 0 Å². The molecular formula is C27H24N4O3S. The number of carbonyl (C=O) groups is 2. The van der Waals surface area contributed by atoms with Gasteiger partial charge in [-0.1, -0.05) is 47.7 Å². The first kappa shape index (κ1) is 22.9. The van der Waals surface area contributed by atoms with Crippen LogP contribution in [0.2, 0.25) is 0 Å². The van der Waals surface area contributed by atoms with Gasteiger partial charge in [0.05, 0.1) is 22.3 Å². The molecule has 0 radical (unpaired) electrons. The van der Waals surface area contributed by atoms with Crippen LogP contribution in [0, 0.1) is 6.92 Å². The molecule has 2 amide bonds. The van der Waals surface area contributed by atoms with E-state index in [4.69, 9.17) is 0 Å². The number of fused-ring (bicyclic) bond motifs is 1. The van der Waals surface area contributed by atoms with Gasteiger partial charge in [-0.05, 0) is 62.2 Å². The van der Waals surface area contributed by atoms with E-state index in [1.165, 1.54) is 11.8 Å². The largest absolute Gasteiger partial charge is 0.349 e. The lowest BCUT2D eigenvalue weighted by Gasteiger charge is -2.13. The van der Waals surface area contributed by atoms with Crippen LogP contribution in [0.5, 0.6) is 0 Å². The van der Waals surface area contributed by atoms with E-state index in [-0.39, 0.29) is 29.2 Å². The molecule has 1 aliphatic carbocycles. The number of carbonyl (C=O) groups excluding carboxylic acids is 2. The molecule has 4 aromatic rings. The summed E-state index contributed by atoms with van der Waals surface area (Å²) in [5.41, 5.74) is 3.22. The molecule has 0 aliphatic heterocycles. The number of thioether (sulfide) groups is 1. The summed E-state index contributed by atoms with van der Waals surface area (Å²) >= 11 is 1.19. The van der Waals surface area contributed by atoms with Crippen molar-refractivity contribution in [2.75, 3.05) is 11.1 Å². The zero-order chi connectivity index (χ0) is 24.4. The zero-order valence-electron chi connectivity index (χ0n) is 19.2. The average molecular weight is 485 g/mol. The second kappa shape index (κ2) is 9.76. The van der Waals surface area contributed by atoms with Crippen LogP contribution in [0.4, 0.5) is 5.69 Å². The first-order valence-corrected chi connectivity index (χ1v) is 12.4. The molecule has 0 bridgehead atoms. The Morgan fingerprint density at radius 1 is 1.03 bits per heavy atom. The van der Waals surface area contributed by atoms with E-state index < -0.39 is 0 Å². The van der Waals surface area contributed by atoms with E-state index in [9.17, 15) is 14.4 Å². The van der Waals surface area contributed by atoms with E-state index in [1.54, 1.807) is 41.0 Å². The van der Waals surface area contributed by atoms with Gasteiger partial charge < -0.3 is 10.6 Å². The van der Waals surface area contributed by atoms with Gasteiger partial charge in [0.2, 0.25) is 5.91 Å². The van der Waals surface area contributed by atoms with Crippen LogP contribution >= 0.6 is 11.8 Å². The lowest BCUT2D eigenvalue weighted by molar-refractivity contribution is -0.113.